The number of anilines is 2. The number of hydrogen-bond donors (Lipinski definition) is 1. The molecule has 0 spiro atoms. The maximum atomic E-state index is 11.9. The lowest BCUT2D eigenvalue weighted by Crippen LogP contribution is -2.25. The highest BCUT2D eigenvalue weighted by molar-refractivity contribution is 6.33. The first kappa shape index (κ1) is 13.6. The molecule has 0 aromatic carbocycles. The van der Waals surface area contributed by atoms with Crippen LogP contribution in [-0.4, -0.2) is 33.3 Å². The summed E-state index contributed by atoms with van der Waals surface area (Å²) in [5, 5.41) is 11.1. The van der Waals surface area contributed by atoms with E-state index < -0.39 is 0 Å². The van der Waals surface area contributed by atoms with Crippen LogP contribution in [-0.2, 0) is 18.3 Å². The molecule has 1 N–H and O–H groups in total. The van der Waals surface area contributed by atoms with Gasteiger partial charge in [0.05, 0.1) is 36.9 Å². The van der Waals surface area contributed by atoms with Crippen molar-refractivity contribution in [2.24, 2.45) is 7.05 Å². The summed E-state index contributed by atoms with van der Waals surface area (Å²) in [5.41, 5.74) is 0.834. The van der Waals surface area contributed by atoms with E-state index in [2.05, 4.69) is 15.5 Å². The van der Waals surface area contributed by atoms with E-state index in [1.54, 1.807) is 31.2 Å². The van der Waals surface area contributed by atoms with Crippen LogP contribution >= 0.6 is 11.6 Å². The van der Waals surface area contributed by atoms with Crippen LogP contribution in [0.25, 0.3) is 0 Å². The molecule has 0 atom stereocenters. The standard InChI is InChI=1S/C11H14ClN5O2/c1-16-7-8(5-13-16)15-9-6-14-17(3-4-19-2)11(18)10(9)12/h5-7,15H,3-4H2,1-2H3. The maximum absolute atomic E-state index is 11.9. The highest BCUT2D eigenvalue weighted by atomic mass is 35.5. The van der Waals surface area contributed by atoms with Gasteiger partial charge in [-0.25, -0.2) is 4.68 Å². The topological polar surface area (TPSA) is 74.0 Å². The Morgan fingerprint density at radius 1 is 1.42 bits per heavy atom. The molecule has 0 bridgehead atoms. The predicted molar refractivity (Wildman–Crippen MR) is 71.9 cm³/mol. The molecular weight excluding hydrogens is 270 g/mol. The van der Waals surface area contributed by atoms with Gasteiger partial charge in [0.1, 0.15) is 5.02 Å². The Kier molecular flexibility index (Phi) is 4.18. The largest absolute Gasteiger partial charge is 0.383 e. The van der Waals surface area contributed by atoms with Crippen molar-refractivity contribution in [1.82, 2.24) is 19.6 Å². The zero-order chi connectivity index (χ0) is 13.8. The zero-order valence-corrected chi connectivity index (χ0v) is 11.4. The number of hydrogen-bond acceptors (Lipinski definition) is 5. The highest BCUT2D eigenvalue weighted by Crippen LogP contribution is 2.20. The summed E-state index contributed by atoms with van der Waals surface area (Å²) in [4.78, 5) is 11.9. The lowest BCUT2D eigenvalue weighted by atomic mass is 10.4. The lowest BCUT2D eigenvalue weighted by Gasteiger charge is -2.08. The Morgan fingerprint density at radius 2 is 2.21 bits per heavy atom. The minimum atomic E-state index is -0.354. The van der Waals surface area contributed by atoms with Gasteiger partial charge in [-0.2, -0.15) is 10.2 Å². The van der Waals surface area contributed by atoms with E-state index in [9.17, 15) is 4.79 Å². The summed E-state index contributed by atoms with van der Waals surface area (Å²) in [7, 11) is 3.36. The molecule has 0 amide bonds. The normalized spacial score (nSPS) is 10.7. The van der Waals surface area contributed by atoms with Crippen molar-refractivity contribution in [3.8, 4) is 0 Å². The Bertz CT molecular complexity index is 622. The van der Waals surface area contributed by atoms with Gasteiger partial charge in [-0.3, -0.25) is 9.48 Å². The minimum absolute atomic E-state index is 0.0926. The molecule has 0 saturated heterocycles. The average Bonchev–Trinajstić information content (AvgIpc) is 2.80. The van der Waals surface area contributed by atoms with E-state index in [4.69, 9.17) is 16.3 Å². The molecule has 0 aliphatic carbocycles. The third-order valence-corrected chi connectivity index (χ3v) is 2.84. The van der Waals surface area contributed by atoms with E-state index in [-0.39, 0.29) is 10.6 Å². The first-order valence-electron chi connectivity index (χ1n) is 5.62. The molecule has 0 saturated carbocycles. The SMILES string of the molecule is COCCn1ncc(Nc2cnn(C)c2)c(Cl)c1=O. The number of rotatable bonds is 5. The molecule has 19 heavy (non-hydrogen) atoms. The van der Waals surface area contributed by atoms with E-state index in [0.717, 1.165) is 5.69 Å². The minimum Gasteiger partial charge on any atom is -0.383 e. The number of nitrogens with zero attached hydrogens (tertiary/aromatic N) is 4. The van der Waals surface area contributed by atoms with E-state index >= 15 is 0 Å². The molecule has 2 heterocycles. The van der Waals surface area contributed by atoms with Gasteiger partial charge < -0.3 is 10.1 Å². The molecule has 8 heteroatoms. The van der Waals surface area contributed by atoms with Crippen LogP contribution in [0.5, 0.6) is 0 Å². The quantitative estimate of drug-likeness (QED) is 0.887. The molecule has 0 aliphatic rings. The van der Waals surface area contributed by atoms with Gasteiger partial charge in [0.25, 0.3) is 5.56 Å². The Balaban J connectivity index is 2.23. The number of aryl methyl sites for hydroxylation is 1. The Morgan fingerprint density at radius 3 is 2.84 bits per heavy atom. The third kappa shape index (κ3) is 3.12. The molecule has 2 rings (SSSR count). The second kappa shape index (κ2) is 5.85. The lowest BCUT2D eigenvalue weighted by molar-refractivity contribution is 0.182. The fourth-order valence-corrected chi connectivity index (χ4v) is 1.72. The zero-order valence-electron chi connectivity index (χ0n) is 10.6. The molecular formula is C11H14ClN5O2. The summed E-state index contributed by atoms with van der Waals surface area (Å²) in [6.07, 6.45) is 4.91. The van der Waals surface area contributed by atoms with Crippen molar-refractivity contribution in [3.05, 3.63) is 34.0 Å². The van der Waals surface area contributed by atoms with Crippen LogP contribution in [0.3, 0.4) is 0 Å². The molecule has 0 aliphatic heterocycles. The molecule has 0 radical (unpaired) electrons. The van der Waals surface area contributed by atoms with Crippen LogP contribution in [0.4, 0.5) is 11.4 Å². The molecule has 2 aromatic rings. The van der Waals surface area contributed by atoms with Crippen molar-refractivity contribution in [1.29, 1.82) is 0 Å². The number of ether oxygens (including phenoxy) is 1. The summed E-state index contributed by atoms with van der Waals surface area (Å²) < 4.78 is 7.81. The van der Waals surface area contributed by atoms with Gasteiger partial charge in [-0.15, -0.1) is 0 Å². The average molecular weight is 284 g/mol. The summed E-state index contributed by atoms with van der Waals surface area (Å²) in [5.74, 6) is 0. The van der Waals surface area contributed by atoms with Crippen LogP contribution < -0.4 is 10.9 Å². The molecule has 7 nitrogen and oxygen atoms in total. The van der Waals surface area contributed by atoms with Crippen molar-refractivity contribution >= 4 is 23.0 Å². The third-order valence-electron chi connectivity index (χ3n) is 2.48. The molecule has 0 fully saturated rings. The smallest absolute Gasteiger partial charge is 0.287 e. The van der Waals surface area contributed by atoms with Crippen molar-refractivity contribution < 1.29 is 4.74 Å². The molecule has 102 valence electrons. The van der Waals surface area contributed by atoms with Crippen LogP contribution in [0.2, 0.25) is 5.02 Å². The molecule has 2 aromatic heterocycles. The van der Waals surface area contributed by atoms with Crippen LogP contribution in [0.1, 0.15) is 0 Å². The summed E-state index contributed by atoms with van der Waals surface area (Å²) >= 11 is 6.03. The second-order valence-corrected chi connectivity index (χ2v) is 4.30. The fourth-order valence-electron chi connectivity index (χ4n) is 1.53. The van der Waals surface area contributed by atoms with Gasteiger partial charge in [0.15, 0.2) is 0 Å². The fraction of sp³-hybridized carbons (Fsp3) is 0.364. The summed E-state index contributed by atoms with van der Waals surface area (Å²) in [6.45, 7) is 0.765. The van der Waals surface area contributed by atoms with Crippen LogP contribution in [0.15, 0.2) is 23.4 Å². The van der Waals surface area contributed by atoms with Gasteiger partial charge in [-0.1, -0.05) is 11.6 Å². The van der Waals surface area contributed by atoms with E-state index in [0.29, 0.717) is 18.8 Å². The van der Waals surface area contributed by atoms with Gasteiger partial charge >= 0.3 is 0 Å². The second-order valence-electron chi connectivity index (χ2n) is 3.92. The first-order valence-corrected chi connectivity index (χ1v) is 6.00. The Labute approximate surface area is 114 Å². The number of aromatic nitrogens is 4. The first-order chi connectivity index (χ1) is 9.11. The Hall–Kier alpha value is -1.86. The number of methoxy groups -OCH3 is 1. The highest BCUT2D eigenvalue weighted by Gasteiger charge is 2.09. The monoisotopic (exact) mass is 283 g/mol. The van der Waals surface area contributed by atoms with Gasteiger partial charge in [-0.05, 0) is 0 Å². The van der Waals surface area contributed by atoms with Crippen molar-refractivity contribution in [2.45, 2.75) is 6.54 Å². The van der Waals surface area contributed by atoms with E-state index in [1.165, 1.54) is 10.9 Å². The summed E-state index contributed by atoms with van der Waals surface area (Å²) in [6, 6.07) is 0. The number of nitrogens with one attached hydrogen (secondary N) is 1. The van der Waals surface area contributed by atoms with Gasteiger partial charge in [0.2, 0.25) is 0 Å². The predicted octanol–water partition coefficient (Wildman–Crippen LogP) is 1.02. The van der Waals surface area contributed by atoms with Crippen LogP contribution in [0, 0.1) is 0 Å². The van der Waals surface area contributed by atoms with Crippen molar-refractivity contribution in [3.63, 3.8) is 0 Å². The molecule has 0 unspecified atom stereocenters. The van der Waals surface area contributed by atoms with Crippen molar-refractivity contribution in [2.75, 3.05) is 19.0 Å². The van der Waals surface area contributed by atoms with E-state index in [1.807, 2.05) is 0 Å². The number of halogens is 1. The maximum Gasteiger partial charge on any atom is 0.287 e. The van der Waals surface area contributed by atoms with Gasteiger partial charge in [0, 0.05) is 20.4 Å².